The molecule has 0 aromatic heterocycles. The highest BCUT2D eigenvalue weighted by molar-refractivity contribution is 4.51. The lowest BCUT2D eigenvalue weighted by Gasteiger charge is -2.44. The molecule has 56 valence electrons. The van der Waals surface area contributed by atoms with Crippen molar-refractivity contribution in [3.8, 4) is 0 Å². The second kappa shape index (κ2) is 3.57. The molecule has 0 aromatic carbocycles. The van der Waals surface area contributed by atoms with Crippen LogP contribution in [0.1, 0.15) is 20.3 Å². The van der Waals surface area contributed by atoms with Crippen molar-refractivity contribution in [1.82, 2.24) is 0 Å². The van der Waals surface area contributed by atoms with E-state index in [1.807, 2.05) is 0 Å². The fraction of sp³-hybridized carbons (Fsp3) is 1.00. The fourth-order valence-electron chi connectivity index (χ4n) is 1.46. The standard InChI is InChI=1S/C7H16N.BrH/c1-3-8(4-2)6-5-7-8;/h3-7H2,1-2H3;1H/q+1;/p-1. The van der Waals surface area contributed by atoms with E-state index < -0.39 is 0 Å². The first-order valence-electron chi connectivity index (χ1n) is 3.68. The van der Waals surface area contributed by atoms with E-state index in [1.54, 1.807) is 0 Å². The lowest BCUT2D eigenvalue weighted by Crippen LogP contribution is -3.00. The van der Waals surface area contributed by atoms with Crippen LogP contribution in [0.3, 0.4) is 0 Å². The van der Waals surface area contributed by atoms with Gasteiger partial charge < -0.3 is 21.5 Å². The smallest absolute Gasteiger partial charge is 0.0840 e. The van der Waals surface area contributed by atoms with Gasteiger partial charge in [-0.05, 0) is 13.8 Å². The number of hydrogen-bond donors (Lipinski definition) is 0. The van der Waals surface area contributed by atoms with Crippen molar-refractivity contribution >= 4 is 0 Å². The Hall–Kier alpha value is 0.440. The van der Waals surface area contributed by atoms with Crippen molar-refractivity contribution in [2.24, 2.45) is 0 Å². The Morgan fingerprint density at radius 3 is 1.56 bits per heavy atom. The predicted octanol–water partition coefficient (Wildman–Crippen LogP) is -1.75. The van der Waals surface area contributed by atoms with Crippen LogP contribution >= 0.6 is 0 Å². The molecular formula is C7H16BrN. The van der Waals surface area contributed by atoms with Gasteiger partial charge in [-0.2, -0.15) is 0 Å². The summed E-state index contributed by atoms with van der Waals surface area (Å²) in [5.41, 5.74) is 0. The second-order valence-corrected chi connectivity index (χ2v) is 2.77. The molecule has 0 N–H and O–H groups in total. The highest BCUT2D eigenvalue weighted by Gasteiger charge is 2.30. The van der Waals surface area contributed by atoms with E-state index in [0.29, 0.717) is 0 Å². The zero-order chi connectivity index (χ0) is 6.04. The summed E-state index contributed by atoms with van der Waals surface area (Å²) in [6.07, 6.45) is 1.46. The molecule has 0 aromatic rings. The molecule has 0 spiro atoms. The third-order valence-electron chi connectivity index (χ3n) is 2.61. The maximum Gasteiger partial charge on any atom is 0.0840 e. The molecule has 1 aliphatic heterocycles. The van der Waals surface area contributed by atoms with E-state index in [9.17, 15) is 0 Å². The van der Waals surface area contributed by atoms with Gasteiger partial charge in [0.1, 0.15) is 0 Å². The topological polar surface area (TPSA) is 0 Å². The van der Waals surface area contributed by atoms with E-state index in [2.05, 4.69) is 13.8 Å². The van der Waals surface area contributed by atoms with E-state index in [4.69, 9.17) is 0 Å². The molecule has 0 radical (unpaired) electrons. The first-order chi connectivity index (χ1) is 3.83. The van der Waals surface area contributed by atoms with Gasteiger partial charge >= 0.3 is 0 Å². The van der Waals surface area contributed by atoms with Crippen LogP contribution in [0, 0.1) is 0 Å². The molecule has 9 heavy (non-hydrogen) atoms. The second-order valence-electron chi connectivity index (χ2n) is 2.77. The van der Waals surface area contributed by atoms with Gasteiger partial charge in [0.05, 0.1) is 26.2 Å². The maximum absolute atomic E-state index is 2.29. The quantitative estimate of drug-likeness (QED) is 0.457. The van der Waals surface area contributed by atoms with Gasteiger partial charge in [0.25, 0.3) is 0 Å². The van der Waals surface area contributed by atoms with E-state index >= 15 is 0 Å². The Kier molecular flexibility index (Phi) is 3.74. The summed E-state index contributed by atoms with van der Waals surface area (Å²) in [5.74, 6) is 0. The van der Waals surface area contributed by atoms with Gasteiger partial charge in [0.2, 0.25) is 0 Å². The van der Waals surface area contributed by atoms with Crippen molar-refractivity contribution in [2.75, 3.05) is 26.2 Å². The first kappa shape index (κ1) is 9.44. The van der Waals surface area contributed by atoms with Crippen LogP contribution in [-0.2, 0) is 0 Å². The van der Waals surface area contributed by atoms with Crippen molar-refractivity contribution in [2.45, 2.75) is 20.3 Å². The molecule has 1 heterocycles. The van der Waals surface area contributed by atoms with Gasteiger partial charge in [-0.15, -0.1) is 0 Å². The van der Waals surface area contributed by atoms with Crippen LogP contribution in [0.5, 0.6) is 0 Å². The zero-order valence-electron chi connectivity index (χ0n) is 6.36. The average molecular weight is 194 g/mol. The summed E-state index contributed by atoms with van der Waals surface area (Å²) in [5, 5.41) is 0. The van der Waals surface area contributed by atoms with Crippen molar-refractivity contribution < 1.29 is 21.5 Å². The van der Waals surface area contributed by atoms with Crippen LogP contribution < -0.4 is 17.0 Å². The molecule has 1 fully saturated rings. The van der Waals surface area contributed by atoms with E-state index in [1.165, 1.54) is 37.1 Å². The Bertz CT molecular complexity index is 65.5. The largest absolute Gasteiger partial charge is 1.00 e. The Morgan fingerprint density at radius 1 is 1.11 bits per heavy atom. The van der Waals surface area contributed by atoms with Crippen molar-refractivity contribution in [1.29, 1.82) is 0 Å². The number of halogens is 1. The number of likely N-dealkylation sites (tertiary alicyclic amines) is 1. The summed E-state index contributed by atoms with van der Waals surface area (Å²) in [6, 6.07) is 0. The van der Waals surface area contributed by atoms with Gasteiger partial charge in [-0.25, -0.2) is 0 Å². The minimum Gasteiger partial charge on any atom is -1.00 e. The van der Waals surface area contributed by atoms with Gasteiger partial charge in [0, 0.05) is 6.42 Å². The Labute approximate surface area is 68.4 Å². The minimum atomic E-state index is 0. The molecular weight excluding hydrogens is 178 g/mol. The maximum atomic E-state index is 2.29. The summed E-state index contributed by atoms with van der Waals surface area (Å²) in [4.78, 5) is 0. The van der Waals surface area contributed by atoms with Crippen LogP contribution in [-0.4, -0.2) is 30.7 Å². The Morgan fingerprint density at radius 2 is 1.56 bits per heavy atom. The summed E-state index contributed by atoms with van der Waals surface area (Å²) >= 11 is 0. The monoisotopic (exact) mass is 193 g/mol. The van der Waals surface area contributed by atoms with Gasteiger partial charge in [-0.1, -0.05) is 0 Å². The van der Waals surface area contributed by atoms with Crippen LogP contribution in [0.2, 0.25) is 0 Å². The normalized spacial score (nSPS) is 22.0. The molecule has 0 unspecified atom stereocenters. The summed E-state index contributed by atoms with van der Waals surface area (Å²) in [6.45, 7) is 10.2. The molecule has 0 amide bonds. The van der Waals surface area contributed by atoms with Crippen molar-refractivity contribution in [3.63, 3.8) is 0 Å². The SMILES string of the molecule is CC[N+]1(CC)CCC1.[Br-]. The third-order valence-corrected chi connectivity index (χ3v) is 2.61. The van der Waals surface area contributed by atoms with Crippen LogP contribution in [0.15, 0.2) is 0 Å². The predicted molar refractivity (Wildman–Crippen MR) is 35.7 cm³/mol. The van der Waals surface area contributed by atoms with Crippen LogP contribution in [0.25, 0.3) is 0 Å². The van der Waals surface area contributed by atoms with E-state index in [-0.39, 0.29) is 17.0 Å². The molecule has 0 saturated carbocycles. The molecule has 1 nitrogen and oxygen atoms in total. The van der Waals surface area contributed by atoms with Crippen molar-refractivity contribution in [3.05, 3.63) is 0 Å². The van der Waals surface area contributed by atoms with E-state index in [0.717, 1.165) is 0 Å². The molecule has 0 bridgehead atoms. The van der Waals surface area contributed by atoms with Gasteiger partial charge in [0.15, 0.2) is 0 Å². The fourth-order valence-corrected chi connectivity index (χ4v) is 1.46. The highest BCUT2D eigenvalue weighted by atomic mass is 79.9. The number of quaternary nitrogens is 1. The molecule has 2 heteroatoms. The average Bonchev–Trinajstić information content (AvgIpc) is 1.67. The molecule has 0 aliphatic carbocycles. The summed E-state index contributed by atoms with van der Waals surface area (Å²) < 4.78 is 1.39. The highest BCUT2D eigenvalue weighted by Crippen LogP contribution is 2.17. The third kappa shape index (κ3) is 1.68. The van der Waals surface area contributed by atoms with Gasteiger partial charge in [-0.3, -0.25) is 0 Å². The number of hydrogen-bond acceptors (Lipinski definition) is 0. The first-order valence-corrected chi connectivity index (χ1v) is 3.68. The summed E-state index contributed by atoms with van der Waals surface area (Å²) in [7, 11) is 0. The Balaban J connectivity index is 0.000000640. The number of nitrogens with zero attached hydrogens (tertiary/aromatic N) is 1. The zero-order valence-corrected chi connectivity index (χ0v) is 7.95. The molecule has 1 aliphatic rings. The molecule has 1 saturated heterocycles. The lowest BCUT2D eigenvalue weighted by molar-refractivity contribution is -0.960. The molecule has 0 atom stereocenters. The van der Waals surface area contributed by atoms with Crippen LogP contribution in [0.4, 0.5) is 0 Å². The minimum absolute atomic E-state index is 0. The number of rotatable bonds is 2. The lowest BCUT2D eigenvalue weighted by atomic mass is 10.1. The molecule has 1 rings (SSSR count).